The van der Waals surface area contributed by atoms with Gasteiger partial charge in [0.05, 0.1) is 0 Å². The Labute approximate surface area is 103 Å². The van der Waals surface area contributed by atoms with Crippen LogP contribution in [0.4, 0.5) is 0 Å². The molecule has 4 nitrogen and oxygen atoms in total. The summed E-state index contributed by atoms with van der Waals surface area (Å²) in [5.41, 5.74) is 1.09. The van der Waals surface area contributed by atoms with Crippen LogP contribution in [0, 0.1) is 0 Å². The van der Waals surface area contributed by atoms with Crippen LogP contribution in [0.15, 0.2) is 24.3 Å². The number of phosphoric ester groups is 1. The number of hydrogen-bond acceptors (Lipinski definition) is 4. The van der Waals surface area contributed by atoms with Crippen molar-refractivity contribution in [2.45, 2.75) is 26.2 Å². The van der Waals surface area contributed by atoms with Crippen molar-refractivity contribution in [3.05, 3.63) is 29.8 Å². The molecule has 1 rings (SSSR count). The molecule has 96 valence electrons. The van der Waals surface area contributed by atoms with E-state index < -0.39 is 7.82 Å². The fraction of sp³-hybridized carbons (Fsp3) is 0.500. The molecule has 1 aromatic carbocycles. The van der Waals surface area contributed by atoms with E-state index in [9.17, 15) is 4.57 Å². The molecule has 0 aliphatic carbocycles. The summed E-state index contributed by atoms with van der Waals surface area (Å²) in [7, 11) is -0.896. The van der Waals surface area contributed by atoms with Crippen LogP contribution in [0.25, 0.3) is 0 Å². The van der Waals surface area contributed by atoms with Crippen molar-refractivity contribution in [2.75, 3.05) is 14.2 Å². The monoisotopic (exact) mass is 258 g/mol. The van der Waals surface area contributed by atoms with E-state index in [1.54, 1.807) is 6.07 Å². The third kappa shape index (κ3) is 3.84. The van der Waals surface area contributed by atoms with Crippen molar-refractivity contribution >= 4 is 7.82 Å². The molecular weight excluding hydrogens is 239 g/mol. The predicted octanol–water partition coefficient (Wildman–Crippen LogP) is 3.76. The van der Waals surface area contributed by atoms with Gasteiger partial charge in [0, 0.05) is 14.2 Å². The highest BCUT2D eigenvalue weighted by molar-refractivity contribution is 7.48. The molecule has 0 saturated heterocycles. The van der Waals surface area contributed by atoms with Crippen LogP contribution in [0.2, 0.25) is 0 Å². The van der Waals surface area contributed by atoms with E-state index >= 15 is 0 Å². The third-order valence-electron chi connectivity index (χ3n) is 2.36. The second kappa shape index (κ2) is 5.21. The van der Waals surface area contributed by atoms with Crippen LogP contribution in [0.5, 0.6) is 5.75 Å². The van der Waals surface area contributed by atoms with Gasteiger partial charge in [0.1, 0.15) is 5.75 Å². The molecule has 17 heavy (non-hydrogen) atoms. The Bertz CT molecular complexity index is 415. The molecule has 0 unspecified atom stereocenters. The lowest BCUT2D eigenvalue weighted by atomic mass is 9.87. The third-order valence-corrected chi connectivity index (χ3v) is 3.69. The molecule has 0 aliphatic rings. The molecule has 0 radical (unpaired) electrons. The molecule has 0 aromatic heterocycles. The molecular formula is C12H19O4P. The fourth-order valence-electron chi connectivity index (χ4n) is 1.30. The van der Waals surface area contributed by atoms with Gasteiger partial charge in [-0.15, -0.1) is 0 Å². The standard InChI is InChI=1S/C12H19O4P/c1-12(2,3)10-7-6-8-11(9-10)16-17(13,14-4)15-5/h6-9H,1-5H3. The molecule has 1 aromatic rings. The molecule has 0 heterocycles. The smallest absolute Gasteiger partial charge is 0.404 e. The van der Waals surface area contributed by atoms with E-state index in [0.29, 0.717) is 5.75 Å². The first-order valence-corrected chi connectivity index (χ1v) is 6.78. The zero-order chi connectivity index (χ0) is 13.1. The van der Waals surface area contributed by atoms with E-state index in [4.69, 9.17) is 13.6 Å². The Kier molecular flexibility index (Phi) is 4.36. The first-order valence-electron chi connectivity index (χ1n) is 5.32. The number of phosphoric acid groups is 1. The quantitative estimate of drug-likeness (QED) is 0.771. The maximum Gasteiger partial charge on any atom is 0.529 e. The summed E-state index contributed by atoms with van der Waals surface area (Å²) in [5.74, 6) is 0.476. The zero-order valence-electron chi connectivity index (χ0n) is 10.9. The lowest BCUT2D eigenvalue weighted by Crippen LogP contribution is -2.10. The van der Waals surface area contributed by atoms with Crippen LogP contribution in [-0.2, 0) is 19.0 Å². The number of rotatable bonds is 4. The van der Waals surface area contributed by atoms with Crippen LogP contribution in [-0.4, -0.2) is 14.2 Å². The summed E-state index contributed by atoms with van der Waals surface area (Å²) < 4.78 is 26.5. The summed E-state index contributed by atoms with van der Waals surface area (Å²) in [6.45, 7) is 6.29. The first kappa shape index (κ1) is 14.2. The lowest BCUT2D eigenvalue weighted by molar-refractivity contribution is 0.211. The average molecular weight is 258 g/mol. The fourth-order valence-corrected chi connectivity index (χ4v) is 1.97. The SMILES string of the molecule is COP(=O)(OC)Oc1cccc(C(C)(C)C)c1. The van der Waals surface area contributed by atoms with Gasteiger partial charge in [0.15, 0.2) is 0 Å². The molecule has 0 aliphatic heterocycles. The van der Waals surface area contributed by atoms with Gasteiger partial charge in [-0.25, -0.2) is 4.57 Å². The van der Waals surface area contributed by atoms with E-state index in [1.165, 1.54) is 14.2 Å². The molecule has 0 fully saturated rings. The van der Waals surface area contributed by atoms with Crippen molar-refractivity contribution in [3.8, 4) is 5.75 Å². The molecule has 0 N–H and O–H groups in total. The first-order chi connectivity index (χ1) is 7.80. The van der Waals surface area contributed by atoms with Crippen molar-refractivity contribution in [2.24, 2.45) is 0 Å². The maximum absolute atomic E-state index is 11.8. The summed E-state index contributed by atoms with van der Waals surface area (Å²) in [5, 5.41) is 0. The zero-order valence-corrected chi connectivity index (χ0v) is 11.8. The summed E-state index contributed by atoms with van der Waals surface area (Å²) in [4.78, 5) is 0. The van der Waals surface area contributed by atoms with Crippen molar-refractivity contribution in [1.29, 1.82) is 0 Å². The van der Waals surface area contributed by atoms with E-state index in [1.807, 2.05) is 18.2 Å². The van der Waals surface area contributed by atoms with Gasteiger partial charge < -0.3 is 4.52 Å². The number of hydrogen-bond donors (Lipinski definition) is 0. The second-order valence-corrected chi connectivity index (χ2v) is 6.49. The lowest BCUT2D eigenvalue weighted by Gasteiger charge is -2.20. The van der Waals surface area contributed by atoms with Crippen LogP contribution >= 0.6 is 7.82 Å². The normalized spacial score (nSPS) is 12.5. The van der Waals surface area contributed by atoms with Crippen molar-refractivity contribution < 1.29 is 18.1 Å². The number of benzene rings is 1. The summed E-state index contributed by atoms with van der Waals surface area (Å²) in [6.07, 6.45) is 0. The minimum atomic E-state index is -3.48. The Morgan fingerprint density at radius 3 is 2.18 bits per heavy atom. The van der Waals surface area contributed by atoms with Gasteiger partial charge in [-0.1, -0.05) is 32.9 Å². The van der Waals surface area contributed by atoms with E-state index in [0.717, 1.165) is 5.56 Å². The van der Waals surface area contributed by atoms with Gasteiger partial charge in [-0.2, -0.15) is 0 Å². The van der Waals surface area contributed by atoms with Gasteiger partial charge in [0.2, 0.25) is 0 Å². The highest BCUT2D eigenvalue weighted by Gasteiger charge is 2.25. The predicted molar refractivity (Wildman–Crippen MR) is 67.4 cm³/mol. The topological polar surface area (TPSA) is 44.8 Å². The minimum Gasteiger partial charge on any atom is -0.404 e. The van der Waals surface area contributed by atoms with Crippen LogP contribution in [0.3, 0.4) is 0 Å². The highest BCUT2D eigenvalue weighted by atomic mass is 31.2. The second-order valence-electron chi connectivity index (χ2n) is 4.68. The largest absolute Gasteiger partial charge is 0.529 e. The van der Waals surface area contributed by atoms with Gasteiger partial charge in [0.25, 0.3) is 0 Å². The van der Waals surface area contributed by atoms with E-state index in [2.05, 4.69) is 20.8 Å². The molecule has 0 spiro atoms. The summed E-state index contributed by atoms with van der Waals surface area (Å²) >= 11 is 0. The molecule has 0 atom stereocenters. The van der Waals surface area contributed by atoms with Crippen molar-refractivity contribution in [3.63, 3.8) is 0 Å². The Balaban J connectivity index is 2.98. The van der Waals surface area contributed by atoms with Gasteiger partial charge in [-0.05, 0) is 23.1 Å². The van der Waals surface area contributed by atoms with Gasteiger partial charge in [-0.3, -0.25) is 9.05 Å². The summed E-state index contributed by atoms with van der Waals surface area (Å²) in [6, 6.07) is 7.41. The Morgan fingerprint density at radius 2 is 1.71 bits per heavy atom. The Morgan fingerprint density at radius 1 is 1.12 bits per heavy atom. The van der Waals surface area contributed by atoms with Crippen LogP contribution < -0.4 is 4.52 Å². The molecule has 0 bridgehead atoms. The average Bonchev–Trinajstić information content (AvgIpc) is 2.28. The molecule has 0 amide bonds. The van der Waals surface area contributed by atoms with Gasteiger partial charge >= 0.3 is 7.82 Å². The molecule has 5 heteroatoms. The minimum absolute atomic E-state index is 0.00347. The van der Waals surface area contributed by atoms with Crippen LogP contribution in [0.1, 0.15) is 26.3 Å². The Hall–Kier alpha value is -0.830. The molecule has 0 saturated carbocycles. The van der Waals surface area contributed by atoms with E-state index in [-0.39, 0.29) is 5.41 Å². The highest BCUT2D eigenvalue weighted by Crippen LogP contribution is 2.48. The maximum atomic E-state index is 11.8. The van der Waals surface area contributed by atoms with Crippen molar-refractivity contribution in [1.82, 2.24) is 0 Å².